The number of hydrazone groups is 1. The number of hydrazine groups is 1. The molecule has 1 aliphatic rings. The standard InChI is InChI=1S/C16H22N2O.C7H10N4/c1-11-10-12(2)16(14-4-7-17-15(11)14)19-13-5-8-18(3)9-6-13;8-10-7(11-9)6-4-2-1-3-5-6/h4,7,10,13,17H,5-6,8-9H2,1-3H3;1-5H,8-9H2,(H,10,11). The van der Waals surface area contributed by atoms with Gasteiger partial charge in [-0.25, -0.2) is 5.84 Å². The van der Waals surface area contributed by atoms with Gasteiger partial charge in [0.1, 0.15) is 11.9 Å². The van der Waals surface area contributed by atoms with Crippen molar-refractivity contribution < 1.29 is 4.74 Å². The Balaban J connectivity index is 0.000000199. The summed E-state index contributed by atoms with van der Waals surface area (Å²) in [6, 6.07) is 13.8. The highest BCUT2D eigenvalue weighted by Crippen LogP contribution is 2.33. The molecule has 2 aromatic carbocycles. The van der Waals surface area contributed by atoms with Crippen LogP contribution >= 0.6 is 0 Å². The third-order valence-corrected chi connectivity index (χ3v) is 5.44. The van der Waals surface area contributed by atoms with Crippen molar-refractivity contribution in [1.82, 2.24) is 15.3 Å². The molecule has 1 fully saturated rings. The normalized spacial score (nSPS) is 15.5. The Morgan fingerprint density at radius 1 is 1.13 bits per heavy atom. The van der Waals surface area contributed by atoms with Crippen LogP contribution in [0.1, 0.15) is 29.5 Å². The highest BCUT2D eigenvalue weighted by atomic mass is 16.5. The van der Waals surface area contributed by atoms with Crippen molar-refractivity contribution in [3.8, 4) is 5.75 Å². The molecule has 0 amide bonds. The smallest absolute Gasteiger partial charge is 0.166 e. The van der Waals surface area contributed by atoms with E-state index in [9.17, 15) is 0 Å². The molecule has 0 saturated carbocycles. The number of fused-ring (bicyclic) bond motifs is 1. The number of hydrogen-bond acceptors (Lipinski definition) is 5. The van der Waals surface area contributed by atoms with Crippen LogP contribution < -0.4 is 21.8 Å². The monoisotopic (exact) mass is 408 g/mol. The first kappa shape index (κ1) is 21.7. The minimum Gasteiger partial charge on any atom is -0.489 e. The SMILES string of the molecule is Cc1cc(C)c2[nH]ccc2c1OC1CCN(C)CC1.N/N=C(\NN)c1ccccc1. The summed E-state index contributed by atoms with van der Waals surface area (Å²) in [5, 5.41) is 4.68. The van der Waals surface area contributed by atoms with Crippen LogP contribution in [0.15, 0.2) is 53.8 Å². The van der Waals surface area contributed by atoms with Gasteiger partial charge in [-0.2, -0.15) is 5.10 Å². The molecule has 1 aromatic heterocycles. The van der Waals surface area contributed by atoms with Gasteiger partial charge < -0.3 is 25.9 Å². The maximum absolute atomic E-state index is 6.31. The number of rotatable bonds is 3. The number of likely N-dealkylation sites (tertiary alicyclic amines) is 1. The molecular formula is C23H32N6O. The molecule has 0 aliphatic carbocycles. The maximum atomic E-state index is 6.31. The van der Waals surface area contributed by atoms with Gasteiger partial charge in [0, 0.05) is 30.2 Å². The van der Waals surface area contributed by atoms with E-state index in [0.717, 1.165) is 37.2 Å². The summed E-state index contributed by atoms with van der Waals surface area (Å²) in [4.78, 5) is 5.68. The first-order chi connectivity index (χ1) is 14.5. The Bertz CT molecular complexity index is 974. The molecule has 0 spiro atoms. The van der Waals surface area contributed by atoms with Crippen LogP contribution in [0.2, 0.25) is 0 Å². The number of piperidine rings is 1. The third-order valence-electron chi connectivity index (χ3n) is 5.44. The van der Waals surface area contributed by atoms with Crippen molar-refractivity contribution >= 4 is 16.7 Å². The fraction of sp³-hybridized carbons (Fsp3) is 0.348. The molecule has 0 unspecified atom stereocenters. The van der Waals surface area contributed by atoms with Crippen molar-refractivity contribution in [2.24, 2.45) is 16.8 Å². The van der Waals surface area contributed by atoms with Crippen molar-refractivity contribution in [2.75, 3.05) is 20.1 Å². The largest absolute Gasteiger partial charge is 0.489 e. The van der Waals surface area contributed by atoms with Crippen LogP contribution in [0.25, 0.3) is 10.9 Å². The van der Waals surface area contributed by atoms with E-state index < -0.39 is 0 Å². The van der Waals surface area contributed by atoms with Crippen molar-refractivity contribution in [3.63, 3.8) is 0 Å². The zero-order chi connectivity index (χ0) is 21.5. The van der Waals surface area contributed by atoms with Gasteiger partial charge in [0.25, 0.3) is 0 Å². The topological polar surface area (TPSA) is 105 Å². The van der Waals surface area contributed by atoms with Crippen LogP contribution in [0.5, 0.6) is 5.75 Å². The van der Waals surface area contributed by atoms with Gasteiger partial charge in [0.2, 0.25) is 0 Å². The summed E-state index contributed by atoms with van der Waals surface area (Å²) in [6.45, 7) is 6.55. The molecule has 7 nitrogen and oxygen atoms in total. The Morgan fingerprint density at radius 3 is 2.47 bits per heavy atom. The molecule has 4 rings (SSSR count). The lowest BCUT2D eigenvalue weighted by atomic mass is 10.1. The van der Waals surface area contributed by atoms with Crippen LogP contribution in [0.4, 0.5) is 0 Å². The number of amidine groups is 1. The summed E-state index contributed by atoms with van der Waals surface area (Å²) in [6.07, 6.45) is 4.60. The molecule has 30 heavy (non-hydrogen) atoms. The van der Waals surface area contributed by atoms with E-state index in [1.807, 2.05) is 36.5 Å². The number of H-pyrrole nitrogens is 1. The molecule has 0 radical (unpaired) electrons. The second-order valence-electron chi connectivity index (χ2n) is 7.71. The molecule has 0 bridgehead atoms. The molecule has 2 heterocycles. The molecule has 0 atom stereocenters. The van der Waals surface area contributed by atoms with E-state index in [-0.39, 0.29) is 0 Å². The highest BCUT2D eigenvalue weighted by molar-refractivity contribution is 5.98. The van der Waals surface area contributed by atoms with E-state index in [1.54, 1.807) is 0 Å². The number of aryl methyl sites for hydroxylation is 2. The van der Waals surface area contributed by atoms with Gasteiger partial charge in [-0.1, -0.05) is 36.4 Å². The van der Waals surface area contributed by atoms with Gasteiger partial charge in [0.05, 0.1) is 5.52 Å². The van der Waals surface area contributed by atoms with Gasteiger partial charge in [-0.05, 0) is 50.9 Å². The van der Waals surface area contributed by atoms with Crippen LogP contribution in [-0.2, 0) is 0 Å². The predicted octanol–water partition coefficient (Wildman–Crippen LogP) is 3.03. The van der Waals surface area contributed by atoms with Crippen LogP contribution in [-0.4, -0.2) is 42.0 Å². The number of ether oxygens (including phenoxy) is 1. The number of benzene rings is 2. The lowest BCUT2D eigenvalue weighted by Crippen LogP contribution is -2.35. The van der Waals surface area contributed by atoms with Gasteiger partial charge >= 0.3 is 0 Å². The number of nitrogens with one attached hydrogen (secondary N) is 2. The quantitative estimate of drug-likeness (QED) is 0.231. The number of aromatic amines is 1. The van der Waals surface area contributed by atoms with Crippen molar-refractivity contribution in [3.05, 3.63) is 65.4 Å². The molecule has 1 saturated heterocycles. The second kappa shape index (κ2) is 10.1. The minimum absolute atomic E-state index is 0.357. The molecule has 1 aliphatic heterocycles. The van der Waals surface area contributed by atoms with Crippen LogP contribution in [0.3, 0.4) is 0 Å². The lowest BCUT2D eigenvalue weighted by Gasteiger charge is -2.30. The fourth-order valence-electron chi connectivity index (χ4n) is 3.78. The highest BCUT2D eigenvalue weighted by Gasteiger charge is 2.20. The maximum Gasteiger partial charge on any atom is 0.166 e. The number of hydrogen-bond donors (Lipinski definition) is 4. The summed E-state index contributed by atoms with van der Waals surface area (Å²) >= 11 is 0. The Labute approximate surface area is 178 Å². The summed E-state index contributed by atoms with van der Waals surface area (Å²) in [5.74, 6) is 11.8. The van der Waals surface area contributed by atoms with E-state index in [0.29, 0.717) is 11.9 Å². The average Bonchev–Trinajstić information content (AvgIpc) is 3.25. The molecule has 6 N–H and O–H groups in total. The average molecular weight is 409 g/mol. The Morgan fingerprint density at radius 2 is 1.83 bits per heavy atom. The zero-order valence-electron chi connectivity index (χ0n) is 18.0. The number of nitrogens with zero attached hydrogens (tertiary/aromatic N) is 2. The minimum atomic E-state index is 0.357. The zero-order valence-corrected chi connectivity index (χ0v) is 18.0. The molecular weight excluding hydrogens is 376 g/mol. The first-order valence-electron chi connectivity index (χ1n) is 10.3. The summed E-state index contributed by atoms with van der Waals surface area (Å²) in [7, 11) is 2.18. The first-order valence-corrected chi connectivity index (χ1v) is 10.3. The van der Waals surface area contributed by atoms with E-state index >= 15 is 0 Å². The van der Waals surface area contributed by atoms with E-state index in [4.69, 9.17) is 16.4 Å². The predicted molar refractivity (Wildman–Crippen MR) is 123 cm³/mol. The molecule has 3 aromatic rings. The molecule has 160 valence electrons. The fourth-order valence-corrected chi connectivity index (χ4v) is 3.78. The second-order valence-corrected chi connectivity index (χ2v) is 7.71. The summed E-state index contributed by atoms with van der Waals surface area (Å²) < 4.78 is 6.31. The Kier molecular flexibility index (Phi) is 7.32. The van der Waals surface area contributed by atoms with Crippen molar-refractivity contribution in [2.45, 2.75) is 32.8 Å². The molecule has 7 heteroatoms. The van der Waals surface area contributed by atoms with Gasteiger partial charge in [0.15, 0.2) is 5.84 Å². The van der Waals surface area contributed by atoms with E-state index in [2.05, 4.69) is 53.4 Å². The van der Waals surface area contributed by atoms with Crippen LogP contribution in [0, 0.1) is 13.8 Å². The number of nitrogens with two attached hydrogens (primary N) is 2. The van der Waals surface area contributed by atoms with Gasteiger partial charge in [-0.3, -0.25) is 0 Å². The van der Waals surface area contributed by atoms with E-state index in [1.165, 1.54) is 22.0 Å². The van der Waals surface area contributed by atoms with Crippen molar-refractivity contribution in [1.29, 1.82) is 0 Å². The Hall–Kier alpha value is -3.03. The third kappa shape index (κ3) is 5.11. The summed E-state index contributed by atoms with van der Waals surface area (Å²) in [5.41, 5.74) is 6.99. The van der Waals surface area contributed by atoms with Gasteiger partial charge in [-0.15, -0.1) is 0 Å². The number of aromatic nitrogens is 1. The lowest BCUT2D eigenvalue weighted by molar-refractivity contribution is 0.115.